The van der Waals surface area contributed by atoms with Gasteiger partial charge in [0.2, 0.25) is 0 Å². The highest BCUT2D eigenvalue weighted by Gasteiger charge is 2.16. The third kappa shape index (κ3) is 2.73. The molecule has 0 aliphatic heterocycles. The van der Waals surface area contributed by atoms with E-state index in [1.54, 1.807) is 0 Å². The van der Waals surface area contributed by atoms with Crippen LogP contribution in [0.25, 0.3) is 0 Å². The maximum Gasteiger partial charge on any atom is 0.0847 e. The predicted octanol–water partition coefficient (Wildman–Crippen LogP) is 2.94. The van der Waals surface area contributed by atoms with Gasteiger partial charge in [-0.05, 0) is 13.8 Å². The summed E-state index contributed by atoms with van der Waals surface area (Å²) in [6.45, 7) is 4.68. The van der Waals surface area contributed by atoms with Crippen molar-refractivity contribution in [2.45, 2.75) is 26.8 Å². The van der Waals surface area contributed by atoms with Gasteiger partial charge in [-0.3, -0.25) is 4.68 Å². The Balaban J connectivity index is 2.98. The minimum atomic E-state index is -0.0519. The van der Waals surface area contributed by atoms with Crippen molar-refractivity contribution in [2.24, 2.45) is 5.92 Å². The quantitative estimate of drug-likeness (QED) is 0.800. The van der Waals surface area contributed by atoms with E-state index in [1.165, 1.54) is 0 Å². The summed E-state index contributed by atoms with van der Waals surface area (Å²) in [5, 5.41) is 14.6. The van der Waals surface area contributed by atoms with Crippen LogP contribution in [0.2, 0.25) is 5.02 Å². The molecule has 0 radical (unpaired) electrons. The van der Waals surface area contributed by atoms with Gasteiger partial charge in [0.25, 0.3) is 0 Å². The second-order valence-corrected chi connectivity index (χ2v) is 4.37. The molecular weight excluding hydrogens is 277 g/mol. The Labute approximate surface area is 103 Å². The van der Waals surface area contributed by atoms with Crippen LogP contribution in [0.4, 0.5) is 0 Å². The Morgan fingerprint density at radius 1 is 1.67 bits per heavy atom. The van der Waals surface area contributed by atoms with Gasteiger partial charge in [0.05, 0.1) is 28.4 Å². The largest absolute Gasteiger partial charge is 0.268 e. The summed E-state index contributed by atoms with van der Waals surface area (Å²) in [4.78, 5) is 0. The molecule has 0 saturated carbocycles. The summed E-state index contributed by atoms with van der Waals surface area (Å²) in [5.74, 6) is -0.0519. The van der Waals surface area contributed by atoms with Crippen LogP contribution in [0.15, 0.2) is 0 Å². The smallest absolute Gasteiger partial charge is 0.0847 e. The molecule has 82 valence electrons. The van der Waals surface area contributed by atoms with Gasteiger partial charge in [-0.15, -0.1) is 0 Å². The Kier molecular flexibility index (Phi) is 4.62. The zero-order valence-corrected chi connectivity index (χ0v) is 11.1. The van der Waals surface area contributed by atoms with Gasteiger partial charge >= 0.3 is 0 Å². The van der Waals surface area contributed by atoms with Crippen molar-refractivity contribution in [1.29, 1.82) is 5.26 Å². The third-order valence-electron chi connectivity index (χ3n) is 2.26. The number of rotatable bonds is 4. The molecule has 15 heavy (non-hydrogen) atoms. The number of hydrogen-bond donors (Lipinski definition) is 0. The average Bonchev–Trinajstić information content (AvgIpc) is 2.52. The van der Waals surface area contributed by atoms with Gasteiger partial charge in [0.15, 0.2) is 0 Å². The van der Waals surface area contributed by atoms with Crippen LogP contribution in [-0.4, -0.2) is 15.1 Å². The molecule has 0 saturated heterocycles. The lowest BCUT2D eigenvalue weighted by molar-refractivity contribution is 0.592. The number of alkyl halides is 1. The number of nitriles is 1. The van der Waals surface area contributed by atoms with E-state index in [4.69, 9.17) is 16.9 Å². The van der Waals surface area contributed by atoms with Crippen molar-refractivity contribution in [2.75, 3.05) is 5.33 Å². The van der Waals surface area contributed by atoms with Crippen LogP contribution in [0.1, 0.15) is 18.3 Å². The molecule has 3 nitrogen and oxygen atoms in total. The van der Waals surface area contributed by atoms with E-state index < -0.39 is 0 Å². The summed E-state index contributed by atoms with van der Waals surface area (Å²) in [6.07, 6.45) is 0.648. The summed E-state index contributed by atoms with van der Waals surface area (Å²) >= 11 is 9.46. The van der Waals surface area contributed by atoms with Crippen molar-refractivity contribution < 1.29 is 0 Å². The van der Waals surface area contributed by atoms with E-state index in [0.29, 0.717) is 16.8 Å². The third-order valence-corrected chi connectivity index (χ3v) is 3.53. The lowest BCUT2D eigenvalue weighted by atomic mass is 10.1. The van der Waals surface area contributed by atoms with Crippen LogP contribution >= 0.6 is 27.5 Å². The van der Waals surface area contributed by atoms with E-state index in [2.05, 4.69) is 27.1 Å². The summed E-state index contributed by atoms with van der Waals surface area (Å²) < 4.78 is 1.87. The first-order chi connectivity index (χ1) is 7.13. The fourth-order valence-corrected chi connectivity index (χ4v) is 2.02. The van der Waals surface area contributed by atoms with E-state index >= 15 is 0 Å². The van der Waals surface area contributed by atoms with Gasteiger partial charge in [-0.25, -0.2) is 0 Å². The molecule has 1 aromatic rings. The van der Waals surface area contributed by atoms with Crippen LogP contribution in [0.3, 0.4) is 0 Å². The van der Waals surface area contributed by atoms with Gasteiger partial charge in [-0.2, -0.15) is 10.4 Å². The number of nitrogens with zero attached hydrogens (tertiary/aromatic N) is 3. The lowest BCUT2D eigenvalue weighted by Crippen LogP contribution is -2.09. The summed E-state index contributed by atoms with van der Waals surface area (Å²) in [7, 11) is 0. The lowest BCUT2D eigenvalue weighted by Gasteiger charge is -2.07. The van der Waals surface area contributed by atoms with E-state index in [0.717, 1.165) is 17.9 Å². The number of halogens is 2. The van der Waals surface area contributed by atoms with E-state index in [9.17, 15) is 0 Å². The minimum absolute atomic E-state index is 0.0519. The zero-order chi connectivity index (χ0) is 11.4. The molecule has 0 bridgehead atoms. The predicted molar refractivity (Wildman–Crippen MR) is 64.2 cm³/mol. The number of aromatic nitrogens is 2. The molecule has 1 atom stereocenters. The second-order valence-electron chi connectivity index (χ2n) is 3.35. The highest BCUT2D eigenvalue weighted by molar-refractivity contribution is 9.09. The molecule has 0 fully saturated rings. The molecule has 1 rings (SSSR count). The molecular formula is C10H13BrClN3. The summed E-state index contributed by atoms with van der Waals surface area (Å²) in [6, 6.07) is 2.24. The SMILES string of the molecule is CCn1nc(C)c(Cl)c1CC(C#N)CBr. The monoisotopic (exact) mass is 289 g/mol. The Hall–Kier alpha value is -0.530. The Morgan fingerprint density at radius 2 is 2.33 bits per heavy atom. The van der Waals surface area contributed by atoms with Gasteiger partial charge in [0.1, 0.15) is 0 Å². The summed E-state index contributed by atoms with van der Waals surface area (Å²) in [5.41, 5.74) is 1.79. The topological polar surface area (TPSA) is 41.6 Å². The average molecular weight is 291 g/mol. The van der Waals surface area contributed by atoms with Crippen molar-refractivity contribution in [1.82, 2.24) is 9.78 Å². The highest BCUT2D eigenvalue weighted by Crippen LogP contribution is 2.23. The van der Waals surface area contributed by atoms with Crippen molar-refractivity contribution in [3.8, 4) is 6.07 Å². The van der Waals surface area contributed by atoms with Crippen LogP contribution in [0, 0.1) is 24.2 Å². The first-order valence-electron chi connectivity index (χ1n) is 4.81. The first kappa shape index (κ1) is 12.5. The van der Waals surface area contributed by atoms with E-state index in [1.807, 2.05) is 18.5 Å². The standard InChI is InChI=1S/C10H13BrClN3/c1-3-15-9(4-8(5-11)6-13)10(12)7(2)14-15/h8H,3-5H2,1-2H3. The fraction of sp³-hybridized carbons (Fsp3) is 0.600. The maximum absolute atomic E-state index is 8.90. The van der Waals surface area contributed by atoms with Gasteiger partial charge in [0, 0.05) is 18.3 Å². The van der Waals surface area contributed by atoms with Crippen molar-refractivity contribution in [3.63, 3.8) is 0 Å². The van der Waals surface area contributed by atoms with Crippen LogP contribution < -0.4 is 0 Å². The molecule has 1 unspecified atom stereocenters. The molecule has 5 heteroatoms. The molecule has 0 aromatic carbocycles. The molecule has 1 aromatic heterocycles. The molecule has 0 N–H and O–H groups in total. The molecule has 0 spiro atoms. The molecule has 1 heterocycles. The number of aryl methyl sites for hydroxylation is 2. The molecule has 0 aliphatic rings. The van der Waals surface area contributed by atoms with Crippen LogP contribution in [-0.2, 0) is 13.0 Å². The minimum Gasteiger partial charge on any atom is -0.268 e. The fourth-order valence-electron chi connectivity index (χ4n) is 1.43. The zero-order valence-electron chi connectivity index (χ0n) is 8.80. The molecule has 0 amide bonds. The van der Waals surface area contributed by atoms with Crippen molar-refractivity contribution in [3.05, 3.63) is 16.4 Å². The first-order valence-corrected chi connectivity index (χ1v) is 6.31. The number of hydrogen-bond acceptors (Lipinski definition) is 2. The maximum atomic E-state index is 8.90. The normalized spacial score (nSPS) is 12.5. The molecule has 0 aliphatic carbocycles. The van der Waals surface area contributed by atoms with Gasteiger partial charge in [-0.1, -0.05) is 27.5 Å². The van der Waals surface area contributed by atoms with E-state index in [-0.39, 0.29) is 5.92 Å². The Bertz CT molecular complexity index is 381. The Morgan fingerprint density at radius 3 is 2.80 bits per heavy atom. The highest BCUT2D eigenvalue weighted by atomic mass is 79.9. The van der Waals surface area contributed by atoms with Gasteiger partial charge < -0.3 is 0 Å². The van der Waals surface area contributed by atoms with Crippen LogP contribution in [0.5, 0.6) is 0 Å². The second kappa shape index (κ2) is 5.53. The van der Waals surface area contributed by atoms with Crippen molar-refractivity contribution >= 4 is 27.5 Å².